The van der Waals surface area contributed by atoms with Crippen LogP contribution in [0.1, 0.15) is 18.4 Å². The van der Waals surface area contributed by atoms with Crippen molar-refractivity contribution in [3.63, 3.8) is 0 Å². The van der Waals surface area contributed by atoms with Gasteiger partial charge in [0, 0.05) is 29.8 Å². The molecular formula is C25H26BrN3O3S. The van der Waals surface area contributed by atoms with Crippen LogP contribution in [0.5, 0.6) is 0 Å². The molecule has 172 valence electrons. The van der Waals surface area contributed by atoms with Gasteiger partial charge in [-0.2, -0.15) is 0 Å². The molecule has 3 aromatic rings. The van der Waals surface area contributed by atoms with Gasteiger partial charge in [0.05, 0.1) is 10.6 Å². The van der Waals surface area contributed by atoms with Crippen LogP contribution in [-0.4, -0.2) is 34.0 Å². The fourth-order valence-corrected chi connectivity index (χ4v) is 5.67. The monoisotopic (exact) mass is 527 g/mol. The third-order valence-electron chi connectivity index (χ3n) is 5.61. The molecular weight excluding hydrogens is 502 g/mol. The molecule has 1 saturated heterocycles. The van der Waals surface area contributed by atoms with E-state index in [4.69, 9.17) is 0 Å². The van der Waals surface area contributed by atoms with Gasteiger partial charge in [0.1, 0.15) is 6.54 Å². The second kappa shape index (κ2) is 10.4. The van der Waals surface area contributed by atoms with Crippen molar-refractivity contribution in [1.82, 2.24) is 5.32 Å². The smallest absolute Gasteiger partial charge is 0.264 e. The number of nitrogens with one attached hydrogen (secondary N) is 1. The SMILES string of the molecule is O=C(CN(c1cccc(Br)c1)S(=O)(=O)c1ccccc1)NCc1ccc(N2CCCC2)cc1. The van der Waals surface area contributed by atoms with Crippen LogP contribution in [0.2, 0.25) is 0 Å². The van der Waals surface area contributed by atoms with Crippen molar-refractivity contribution < 1.29 is 13.2 Å². The van der Waals surface area contributed by atoms with E-state index in [1.807, 2.05) is 18.2 Å². The molecule has 33 heavy (non-hydrogen) atoms. The molecule has 0 atom stereocenters. The maximum Gasteiger partial charge on any atom is 0.264 e. The molecule has 4 rings (SSSR count). The summed E-state index contributed by atoms with van der Waals surface area (Å²) in [6.45, 7) is 2.17. The Hall–Kier alpha value is -2.84. The van der Waals surface area contributed by atoms with Gasteiger partial charge in [0.25, 0.3) is 10.0 Å². The van der Waals surface area contributed by atoms with Gasteiger partial charge in [-0.1, -0.05) is 52.3 Å². The van der Waals surface area contributed by atoms with E-state index in [1.165, 1.54) is 30.7 Å². The van der Waals surface area contributed by atoms with Crippen LogP contribution >= 0.6 is 15.9 Å². The molecule has 1 aliphatic heterocycles. The highest BCUT2D eigenvalue weighted by atomic mass is 79.9. The summed E-state index contributed by atoms with van der Waals surface area (Å²) in [4.78, 5) is 15.3. The second-order valence-electron chi connectivity index (χ2n) is 7.94. The lowest BCUT2D eigenvalue weighted by atomic mass is 10.2. The highest BCUT2D eigenvalue weighted by Crippen LogP contribution is 2.26. The average Bonchev–Trinajstić information content (AvgIpc) is 3.37. The number of rotatable bonds is 8. The van der Waals surface area contributed by atoms with Crippen LogP contribution in [0, 0.1) is 0 Å². The van der Waals surface area contributed by atoms with Crippen LogP contribution in [0.15, 0.2) is 88.2 Å². The Morgan fingerprint density at radius 2 is 1.64 bits per heavy atom. The minimum absolute atomic E-state index is 0.135. The van der Waals surface area contributed by atoms with Crippen molar-refractivity contribution >= 4 is 43.2 Å². The van der Waals surface area contributed by atoms with Crippen molar-refractivity contribution in [1.29, 1.82) is 0 Å². The summed E-state index contributed by atoms with van der Waals surface area (Å²) >= 11 is 3.39. The largest absolute Gasteiger partial charge is 0.372 e. The molecule has 0 unspecified atom stereocenters. The Kier molecular flexibility index (Phi) is 7.35. The number of hydrogen-bond donors (Lipinski definition) is 1. The van der Waals surface area contributed by atoms with E-state index in [9.17, 15) is 13.2 Å². The molecule has 1 heterocycles. The van der Waals surface area contributed by atoms with Gasteiger partial charge < -0.3 is 10.2 Å². The fourth-order valence-electron chi connectivity index (χ4n) is 3.85. The third-order valence-corrected chi connectivity index (χ3v) is 7.89. The summed E-state index contributed by atoms with van der Waals surface area (Å²) in [6.07, 6.45) is 2.44. The number of benzene rings is 3. The first-order valence-electron chi connectivity index (χ1n) is 10.9. The van der Waals surface area contributed by atoms with E-state index in [1.54, 1.807) is 36.4 Å². The van der Waals surface area contributed by atoms with Crippen LogP contribution in [-0.2, 0) is 21.4 Å². The molecule has 1 N–H and O–H groups in total. The molecule has 1 amide bonds. The van der Waals surface area contributed by atoms with Crippen LogP contribution in [0.3, 0.4) is 0 Å². The summed E-state index contributed by atoms with van der Waals surface area (Å²) in [6, 6.07) is 23.2. The summed E-state index contributed by atoms with van der Waals surface area (Å²) in [5.74, 6) is -0.377. The minimum Gasteiger partial charge on any atom is -0.372 e. The number of carbonyl (C=O) groups excluding carboxylic acids is 1. The Morgan fingerprint density at radius 3 is 2.30 bits per heavy atom. The number of sulfonamides is 1. The average molecular weight is 528 g/mol. The Bertz CT molecular complexity index is 1200. The quantitative estimate of drug-likeness (QED) is 0.466. The Labute approximate surface area is 203 Å². The topological polar surface area (TPSA) is 69.7 Å². The number of anilines is 2. The molecule has 0 aliphatic carbocycles. The van der Waals surface area contributed by atoms with Crippen molar-refractivity contribution in [2.75, 3.05) is 28.8 Å². The third kappa shape index (κ3) is 5.75. The lowest BCUT2D eigenvalue weighted by molar-refractivity contribution is -0.119. The summed E-state index contributed by atoms with van der Waals surface area (Å²) in [5.41, 5.74) is 2.57. The van der Waals surface area contributed by atoms with Gasteiger partial charge in [-0.05, 0) is 60.9 Å². The minimum atomic E-state index is -3.92. The maximum absolute atomic E-state index is 13.3. The zero-order valence-corrected chi connectivity index (χ0v) is 20.6. The first-order valence-corrected chi connectivity index (χ1v) is 13.1. The zero-order valence-electron chi connectivity index (χ0n) is 18.2. The van der Waals surface area contributed by atoms with E-state index in [2.05, 4.69) is 38.3 Å². The lowest BCUT2D eigenvalue weighted by Crippen LogP contribution is -2.40. The number of nitrogens with zero attached hydrogens (tertiary/aromatic N) is 2. The molecule has 3 aromatic carbocycles. The number of hydrogen-bond acceptors (Lipinski definition) is 4. The second-order valence-corrected chi connectivity index (χ2v) is 10.7. The first-order chi connectivity index (χ1) is 15.9. The van der Waals surface area contributed by atoms with Crippen molar-refractivity contribution in [2.24, 2.45) is 0 Å². The number of carbonyl (C=O) groups is 1. The van der Waals surface area contributed by atoms with Crippen LogP contribution < -0.4 is 14.5 Å². The van der Waals surface area contributed by atoms with Gasteiger partial charge >= 0.3 is 0 Å². The van der Waals surface area contributed by atoms with Gasteiger partial charge in [-0.3, -0.25) is 9.10 Å². The zero-order chi connectivity index (χ0) is 23.3. The van der Waals surface area contributed by atoms with Crippen molar-refractivity contribution in [3.8, 4) is 0 Å². The Balaban J connectivity index is 1.47. The predicted octanol–water partition coefficient (Wildman–Crippen LogP) is 4.56. The van der Waals surface area contributed by atoms with E-state index < -0.39 is 10.0 Å². The normalized spacial score (nSPS) is 13.7. The molecule has 0 radical (unpaired) electrons. The summed E-state index contributed by atoms with van der Waals surface area (Å²) in [5, 5.41) is 2.86. The molecule has 6 nitrogen and oxygen atoms in total. The van der Waals surface area contributed by atoms with Crippen LogP contribution in [0.25, 0.3) is 0 Å². The highest BCUT2D eigenvalue weighted by molar-refractivity contribution is 9.10. The van der Waals surface area contributed by atoms with Gasteiger partial charge in [0.15, 0.2) is 0 Å². The summed E-state index contributed by atoms with van der Waals surface area (Å²) < 4.78 is 28.6. The summed E-state index contributed by atoms with van der Waals surface area (Å²) in [7, 11) is -3.92. The molecule has 0 aromatic heterocycles. The standard InChI is InChI=1S/C25H26BrN3O3S/c26-21-7-6-8-23(17-21)29(33(31,32)24-9-2-1-3-10-24)19-25(30)27-18-20-11-13-22(14-12-20)28-15-4-5-16-28/h1-3,6-14,17H,4-5,15-16,18-19H2,(H,27,30). The molecule has 8 heteroatoms. The highest BCUT2D eigenvalue weighted by Gasteiger charge is 2.27. The van der Waals surface area contributed by atoms with Gasteiger partial charge in [-0.25, -0.2) is 8.42 Å². The van der Waals surface area contributed by atoms with Gasteiger partial charge in [-0.15, -0.1) is 0 Å². The molecule has 1 fully saturated rings. The van der Waals surface area contributed by atoms with E-state index in [-0.39, 0.29) is 17.3 Å². The number of amides is 1. The van der Waals surface area contributed by atoms with E-state index in [0.717, 1.165) is 27.4 Å². The van der Waals surface area contributed by atoms with Gasteiger partial charge in [0.2, 0.25) is 5.91 Å². The van der Waals surface area contributed by atoms with Crippen molar-refractivity contribution in [3.05, 3.63) is 88.9 Å². The fraction of sp³-hybridized carbons (Fsp3) is 0.240. The van der Waals surface area contributed by atoms with Crippen LogP contribution in [0.4, 0.5) is 11.4 Å². The Morgan fingerprint density at radius 1 is 0.939 bits per heavy atom. The predicted molar refractivity (Wildman–Crippen MR) is 135 cm³/mol. The van der Waals surface area contributed by atoms with Crippen molar-refractivity contribution in [2.45, 2.75) is 24.3 Å². The molecule has 0 spiro atoms. The number of halogens is 1. The molecule has 0 saturated carbocycles. The first kappa shape index (κ1) is 23.3. The maximum atomic E-state index is 13.3. The molecule has 0 bridgehead atoms. The lowest BCUT2D eigenvalue weighted by Gasteiger charge is -2.24. The van der Waals surface area contributed by atoms with E-state index in [0.29, 0.717) is 12.2 Å². The molecule has 1 aliphatic rings. The van der Waals surface area contributed by atoms with E-state index >= 15 is 0 Å².